The quantitative estimate of drug-likeness (QED) is 0.899. The Morgan fingerprint density at radius 3 is 2.55 bits per heavy atom. The van der Waals surface area contributed by atoms with Gasteiger partial charge in [-0.2, -0.15) is 0 Å². The monoisotopic (exact) mass is 274 g/mol. The molecule has 0 saturated carbocycles. The fourth-order valence-electron chi connectivity index (χ4n) is 1.91. The van der Waals surface area contributed by atoms with Crippen LogP contribution in [0.2, 0.25) is 0 Å². The van der Waals surface area contributed by atoms with Gasteiger partial charge in [0.1, 0.15) is 11.6 Å². The number of aromatic nitrogens is 1. The third-order valence-electron chi connectivity index (χ3n) is 3.02. The van der Waals surface area contributed by atoms with E-state index in [0.717, 1.165) is 6.20 Å². The van der Waals surface area contributed by atoms with Crippen molar-refractivity contribution in [3.05, 3.63) is 53.5 Å². The highest BCUT2D eigenvalue weighted by Gasteiger charge is 2.08. The standard InChI is InChI=1S/C16H19FN2O/c1-11(2)12-4-6-15(7-5-12)20-16-13(9-18-3)8-14(17)10-19-16/h4-8,10-11,18H,9H2,1-3H3. The molecule has 106 valence electrons. The Labute approximate surface area is 118 Å². The summed E-state index contributed by atoms with van der Waals surface area (Å²) in [5, 5.41) is 2.97. The molecule has 0 amide bonds. The Morgan fingerprint density at radius 2 is 1.95 bits per heavy atom. The number of nitrogens with zero attached hydrogens (tertiary/aromatic N) is 1. The van der Waals surface area contributed by atoms with Crippen LogP contribution in [0.4, 0.5) is 4.39 Å². The number of halogens is 1. The first-order chi connectivity index (χ1) is 9.60. The van der Waals surface area contributed by atoms with Gasteiger partial charge in [0, 0.05) is 12.1 Å². The van der Waals surface area contributed by atoms with Crippen LogP contribution in [0, 0.1) is 5.82 Å². The normalized spacial score (nSPS) is 10.8. The first kappa shape index (κ1) is 14.5. The van der Waals surface area contributed by atoms with Crippen LogP contribution in [0.1, 0.15) is 30.9 Å². The molecule has 0 unspecified atom stereocenters. The molecule has 4 heteroatoms. The summed E-state index contributed by atoms with van der Waals surface area (Å²) in [5.41, 5.74) is 1.94. The fraction of sp³-hybridized carbons (Fsp3) is 0.312. The molecular formula is C16H19FN2O. The van der Waals surface area contributed by atoms with Gasteiger partial charge in [-0.1, -0.05) is 26.0 Å². The van der Waals surface area contributed by atoms with Crippen LogP contribution in [0.5, 0.6) is 11.6 Å². The van der Waals surface area contributed by atoms with Crippen LogP contribution in [0.15, 0.2) is 36.5 Å². The molecule has 1 aromatic carbocycles. The summed E-state index contributed by atoms with van der Waals surface area (Å²) in [5.74, 6) is 1.24. The number of hydrogen-bond acceptors (Lipinski definition) is 3. The van der Waals surface area contributed by atoms with Gasteiger partial charge < -0.3 is 10.1 Å². The van der Waals surface area contributed by atoms with Crippen molar-refractivity contribution in [2.45, 2.75) is 26.3 Å². The van der Waals surface area contributed by atoms with Crippen molar-refractivity contribution >= 4 is 0 Å². The molecule has 2 aromatic rings. The van der Waals surface area contributed by atoms with Crippen LogP contribution in [0.3, 0.4) is 0 Å². The van der Waals surface area contributed by atoms with Crippen LogP contribution in [-0.2, 0) is 6.54 Å². The van der Waals surface area contributed by atoms with E-state index >= 15 is 0 Å². The Morgan fingerprint density at radius 1 is 1.25 bits per heavy atom. The summed E-state index contributed by atoms with van der Waals surface area (Å²) in [6.07, 6.45) is 1.16. The minimum Gasteiger partial charge on any atom is -0.439 e. The van der Waals surface area contributed by atoms with Gasteiger partial charge >= 0.3 is 0 Å². The highest BCUT2D eigenvalue weighted by Crippen LogP contribution is 2.25. The van der Waals surface area contributed by atoms with E-state index in [0.29, 0.717) is 29.7 Å². The van der Waals surface area contributed by atoms with Crippen molar-refractivity contribution < 1.29 is 9.13 Å². The van der Waals surface area contributed by atoms with Crippen molar-refractivity contribution in [2.75, 3.05) is 7.05 Å². The van der Waals surface area contributed by atoms with E-state index in [-0.39, 0.29) is 5.82 Å². The lowest BCUT2D eigenvalue weighted by molar-refractivity contribution is 0.449. The Balaban J connectivity index is 2.20. The van der Waals surface area contributed by atoms with Crippen molar-refractivity contribution in [1.82, 2.24) is 10.3 Å². The summed E-state index contributed by atoms with van der Waals surface area (Å²) >= 11 is 0. The van der Waals surface area contributed by atoms with Gasteiger partial charge in [0.05, 0.1) is 6.20 Å². The van der Waals surface area contributed by atoms with E-state index in [4.69, 9.17) is 4.74 Å². The molecule has 0 fully saturated rings. The maximum atomic E-state index is 13.2. The zero-order valence-electron chi connectivity index (χ0n) is 12.0. The first-order valence-corrected chi connectivity index (χ1v) is 6.67. The number of hydrogen-bond donors (Lipinski definition) is 1. The van der Waals surface area contributed by atoms with E-state index in [9.17, 15) is 4.39 Å². The second-order valence-corrected chi connectivity index (χ2v) is 4.97. The van der Waals surface area contributed by atoms with Crippen LogP contribution >= 0.6 is 0 Å². The zero-order valence-corrected chi connectivity index (χ0v) is 12.0. The van der Waals surface area contributed by atoms with Gasteiger partial charge in [-0.05, 0) is 36.7 Å². The predicted octanol–water partition coefficient (Wildman–Crippen LogP) is 3.86. The minimum atomic E-state index is -0.363. The average molecular weight is 274 g/mol. The van der Waals surface area contributed by atoms with E-state index in [1.807, 2.05) is 24.3 Å². The second-order valence-electron chi connectivity index (χ2n) is 4.97. The molecule has 0 radical (unpaired) electrons. The molecule has 1 heterocycles. The number of rotatable bonds is 5. The lowest BCUT2D eigenvalue weighted by Crippen LogP contribution is -2.07. The summed E-state index contributed by atoms with van der Waals surface area (Å²) in [4.78, 5) is 4.01. The first-order valence-electron chi connectivity index (χ1n) is 6.67. The number of ether oxygens (including phenoxy) is 1. The third-order valence-corrected chi connectivity index (χ3v) is 3.02. The minimum absolute atomic E-state index is 0.363. The Kier molecular flexibility index (Phi) is 4.69. The highest BCUT2D eigenvalue weighted by molar-refractivity contribution is 5.34. The molecule has 0 saturated heterocycles. The molecule has 1 N–H and O–H groups in total. The van der Waals surface area contributed by atoms with Crippen LogP contribution < -0.4 is 10.1 Å². The van der Waals surface area contributed by atoms with Crippen molar-refractivity contribution in [2.24, 2.45) is 0 Å². The van der Waals surface area contributed by atoms with Crippen LogP contribution in [0.25, 0.3) is 0 Å². The van der Waals surface area contributed by atoms with E-state index < -0.39 is 0 Å². The molecule has 0 bridgehead atoms. The Bertz CT molecular complexity index is 567. The molecule has 2 rings (SSSR count). The largest absolute Gasteiger partial charge is 0.439 e. The van der Waals surface area contributed by atoms with E-state index in [2.05, 4.69) is 24.1 Å². The summed E-state index contributed by atoms with van der Waals surface area (Å²) < 4.78 is 18.9. The maximum absolute atomic E-state index is 13.2. The van der Waals surface area contributed by atoms with Gasteiger partial charge in [0.25, 0.3) is 0 Å². The van der Waals surface area contributed by atoms with Gasteiger partial charge in [0.15, 0.2) is 0 Å². The molecule has 0 aliphatic rings. The van der Waals surface area contributed by atoms with Crippen LogP contribution in [-0.4, -0.2) is 12.0 Å². The number of benzene rings is 1. The Hall–Kier alpha value is -1.94. The second kappa shape index (κ2) is 6.48. The van der Waals surface area contributed by atoms with E-state index in [1.54, 1.807) is 7.05 Å². The average Bonchev–Trinajstić information content (AvgIpc) is 2.43. The van der Waals surface area contributed by atoms with Gasteiger partial charge in [-0.3, -0.25) is 0 Å². The third kappa shape index (κ3) is 3.54. The highest BCUT2D eigenvalue weighted by atomic mass is 19.1. The molecule has 1 aromatic heterocycles. The summed E-state index contributed by atoms with van der Waals surface area (Å²) in [6.45, 7) is 4.79. The maximum Gasteiger partial charge on any atom is 0.223 e. The lowest BCUT2D eigenvalue weighted by Gasteiger charge is -2.11. The van der Waals surface area contributed by atoms with Crippen molar-refractivity contribution in [3.8, 4) is 11.6 Å². The number of nitrogens with one attached hydrogen (secondary N) is 1. The van der Waals surface area contributed by atoms with Crippen molar-refractivity contribution in [3.63, 3.8) is 0 Å². The predicted molar refractivity (Wildman–Crippen MR) is 77.6 cm³/mol. The van der Waals surface area contributed by atoms with Gasteiger partial charge in [0.2, 0.25) is 5.88 Å². The topological polar surface area (TPSA) is 34.2 Å². The SMILES string of the molecule is CNCc1cc(F)cnc1Oc1ccc(C(C)C)cc1. The molecule has 3 nitrogen and oxygen atoms in total. The summed E-state index contributed by atoms with van der Waals surface area (Å²) in [7, 11) is 1.80. The van der Waals surface area contributed by atoms with Gasteiger partial charge in [-0.25, -0.2) is 9.37 Å². The zero-order chi connectivity index (χ0) is 14.5. The molecular weight excluding hydrogens is 255 g/mol. The van der Waals surface area contributed by atoms with Crippen molar-refractivity contribution in [1.29, 1.82) is 0 Å². The lowest BCUT2D eigenvalue weighted by atomic mass is 10.0. The molecule has 0 aliphatic carbocycles. The fourth-order valence-corrected chi connectivity index (χ4v) is 1.91. The van der Waals surface area contributed by atoms with Gasteiger partial charge in [-0.15, -0.1) is 0 Å². The molecule has 0 atom stereocenters. The van der Waals surface area contributed by atoms with E-state index in [1.165, 1.54) is 11.6 Å². The molecule has 20 heavy (non-hydrogen) atoms. The smallest absolute Gasteiger partial charge is 0.223 e. The molecule has 0 spiro atoms. The summed E-state index contributed by atoms with van der Waals surface area (Å²) in [6, 6.07) is 9.30. The number of pyridine rings is 1. The molecule has 0 aliphatic heterocycles.